The lowest BCUT2D eigenvalue weighted by molar-refractivity contribution is 0.835. The van der Waals surface area contributed by atoms with Crippen molar-refractivity contribution in [3.8, 4) is 6.07 Å². The molecule has 0 aliphatic carbocycles. The average Bonchev–Trinajstić information content (AvgIpc) is 1.69. The molecule has 0 aliphatic rings. The number of nitriles is 1. The van der Waals surface area contributed by atoms with Crippen LogP contribution in [0.1, 0.15) is 26.2 Å². The van der Waals surface area contributed by atoms with Gasteiger partial charge in [-0.2, -0.15) is 5.26 Å². The lowest BCUT2D eigenvalue weighted by Gasteiger charge is -1.84. The average molecular weight is 96.2 g/mol. The van der Waals surface area contributed by atoms with Gasteiger partial charge in [-0.05, 0) is 19.3 Å². The Bertz CT molecular complexity index is 61.1. The van der Waals surface area contributed by atoms with E-state index < -0.39 is 0 Å². The minimum absolute atomic E-state index is 0.699. The highest BCUT2D eigenvalue weighted by Crippen LogP contribution is 1.94. The van der Waals surface area contributed by atoms with Crippen LogP contribution in [0, 0.1) is 17.8 Å². The summed E-state index contributed by atoms with van der Waals surface area (Å²) in [5, 5.41) is 8.03. The molecular formula is C6H10N. The molecule has 1 radical (unpaired) electrons. The fourth-order valence-electron chi connectivity index (χ4n) is 0.385. The summed E-state index contributed by atoms with van der Waals surface area (Å²) in [5.41, 5.74) is 0. The predicted molar refractivity (Wildman–Crippen MR) is 29.4 cm³/mol. The van der Waals surface area contributed by atoms with Gasteiger partial charge in [-0.25, -0.2) is 0 Å². The first-order valence-corrected chi connectivity index (χ1v) is 2.56. The van der Waals surface area contributed by atoms with Gasteiger partial charge in [0.15, 0.2) is 0 Å². The summed E-state index contributed by atoms with van der Waals surface area (Å²) in [6.07, 6.45) is 4.88. The number of hydrogen-bond donors (Lipinski definition) is 0. The highest BCUT2D eigenvalue weighted by molar-refractivity contribution is 4.70. The van der Waals surface area contributed by atoms with E-state index in [1.54, 1.807) is 0 Å². The highest BCUT2D eigenvalue weighted by atomic mass is 14.2. The van der Waals surface area contributed by atoms with Crippen LogP contribution in [0.15, 0.2) is 0 Å². The molecule has 0 aromatic heterocycles. The van der Waals surface area contributed by atoms with Gasteiger partial charge in [-0.15, -0.1) is 0 Å². The normalized spacial score (nSPS) is 8.00. The van der Waals surface area contributed by atoms with Crippen molar-refractivity contribution in [3.05, 3.63) is 6.42 Å². The maximum Gasteiger partial charge on any atom is 0.0621 e. The van der Waals surface area contributed by atoms with Crippen molar-refractivity contribution < 1.29 is 0 Å². The zero-order chi connectivity index (χ0) is 5.54. The van der Waals surface area contributed by atoms with Crippen LogP contribution < -0.4 is 0 Å². The summed E-state index contributed by atoms with van der Waals surface area (Å²) in [6.45, 7) is 2.01. The number of unbranched alkanes of at least 4 members (excludes halogenated alkanes) is 3. The molecule has 0 atom stereocenters. The van der Waals surface area contributed by atoms with E-state index in [2.05, 4.69) is 12.5 Å². The summed E-state index contributed by atoms with van der Waals surface area (Å²) in [6, 6.07) is 2.08. The Hall–Kier alpha value is -0.510. The SMILES string of the molecule is C[CH]CCCC#N. The van der Waals surface area contributed by atoms with E-state index in [-0.39, 0.29) is 0 Å². The molecule has 0 N–H and O–H groups in total. The van der Waals surface area contributed by atoms with Gasteiger partial charge in [0.2, 0.25) is 0 Å². The first kappa shape index (κ1) is 6.49. The second kappa shape index (κ2) is 5.49. The molecule has 7 heavy (non-hydrogen) atoms. The Morgan fingerprint density at radius 1 is 1.71 bits per heavy atom. The van der Waals surface area contributed by atoms with Crippen molar-refractivity contribution in [1.29, 1.82) is 5.26 Å². The molecule has 0 saturated heterocycles. The summed E-state index contributed by atoms with van der Waals surface area (Å²) in [5.74, 6) is 0. The second-order valence-electron chi connectivity index (χ2n) is 1.46. The Morgan fingerprint density at radius 3 is 2.86 bits per heavy atom. The van der Waals surface area contributed by atoms with Crippen LogP contribution in [0.3, 0.4) is 0 Å². The predicted octanol–water partition coefficient (Wildman–Crippen LogP) is 1.90. The number of nitrogens with zero attached hydrogens (tertiary/aromatic N) is 1. The van der Waals surface area contributed by atoms with Crippen LogP contribution in [0.2, 0.25) is 0 Å². The molecule has 0 amide bonds. The van der Waals surface area contributed by atoms with E-state index in [9.17, 15) is 0 Å². The molecule has 39 valence electrons. The Morgan fingerprint density at radius 2 is 2.43 bits per heavy atom. The second-order valence-corrected chi connectivity index (χ2v) is 1.46. The van der Waals surface area contributed by atoms with Crippen molar-refractivity contribution >= 4 is 0 Å². The summed E-state index contributed by atoms with van der Waals surface area (Å²) < 4.78 is 0. The van der Waals surface area contributed by atoms with E-state index in [0.29, 0.717) is 6.42 Å². The van der Waals surface area contributed by atoms with E-state index in [4.69, 9.17) is 5.26 Å². The van der Waals surface area contributed by atoms with Gasteiger partial charge < -0.3 is 0 Å². The van der Waals surface area contributed by atoms with Crippen LogP contribution in [-0.4, -0.2) is 0 Å². The van der Waals surface area contributed by atoms with Gasteiger partial charge in [-0.3, -0.25) is 0 Å². The zero-order valence-corrected chi connectivity index (χ0v) is 4.65. The smallest absolute Gasteiger partial charge is 0.0621 e. The lowest BCUT2D eigenvalue weighted by Crippen LogP contribution is -1.69. The van der Waals surface area contributed by atoms with E-state index in [0.717, 1.165) is 12.8 Å². The molecule has 1 nitrogen and oxygen atoms in total. The van der Waals surface area contributed by atoms with Crippen molar-refractivity contribution in [2.75, 3.05) is 0 Å². The Kier molecular flexibility index (Phi) is 5.09. The lowest BCUT2D eigenvalue weighted by atomic mass is 10.2. The third kappa shape index (κ3) is 5.49. The Labute approximate surface area is 45.0 Å². The molecule has 0 heterocycles. The van der Waals surface area contributed by atoms with E-state index in [1.165, 1.54) is 0 Å². The van der Waals surface area contributed by atoms with Crippen LogP contribution in [-0.2, 0) is 0 Å². The summed E-state index contributed by atoms with van der Waals surface area (Å²) in [7, 11) is 0. The molecule has 0 aromatic rings. The standard InChI is InChI=1S/C6H10N/c1-2-3-4-5-6-7/h2H,3-5H2,1H3. The van der Waals surface area contributed by atoms with Gasteiger partial charge in [0.1, 0.15) is 0 Å². The quantitative estimate of drug-likeness (QED) is 0.492. The number of rotatable bonds is 3. The molecule has 0 aromatic carbocycles. The molecule has 0 spiro atoms. The molecule has 0 bridgehead atoms. The maximum absolute atomic E-state index is 8.03. The van der Waals surface area contributed by atoms with Crippen LogP contribution >= 0.6 is 0 Å². The minimum atomic E-state index is 0.699. The minimum Gasteiger partial charge on any atom is -0.198 e. The highest BCUT2D eigenvalue weighted by Gasteiger charge is 1.79. The molecule has 1 heteroatoms. The molecular weight excluding hydrogens is 86.1 g/mol. The third-order valence-corrected chi connectivity index (χ3v) is 0.781. The zero-order valence-electron chi connectivity index (χ0n) is 4.65. The molecule has 0 fully saturated rings. The van der Waals surface area contributed by atoms with E-state index in [1.807, 2.05) is 6.92 Å². The fourth-order valence-corrected chi connectivity index (χ4v) is 0.385. The monoisotopic (exact) mass is 96.1 g/mol. The maximum atomic E-state index is 8.03. The molecule has 0 rings (SSSR count). The van der Waals surface area contributed by atoms with Crippen molar-refractivity contribution in [2.45, 2.75) is 26.2 Å². The number of hydrogen-bond acceptors (Lipinski definition) is 1. The molecule has 0 saturated carbocycles. The van der Waals surface area contributed by atoms with Gasteiger partial charge in [0.25, 0.3) is 0 Å². The van der Waals surface area contributed by atoms with Crippen LogP contribution in [0.5, 0.6) is 0 Å². The third-order valence-electron chi connectivity index (χ3n) is 0.781. The summed E-state index contributed by atoms with van der Waals surface area (Å²) >= 11 is 0. The van der Waals surface area contributed by atoms with Crippen molar-refractivity contribution in [2.24, 2.45) is 0 Å². The first-order chi connectivity index (χ1) is 3.41. The largest absolute Gasteiger partial charge is 0.198 e. The van der Waals surface area contributed by atoms with Crippen molar-refractivity contribution in [3.63, 3.8) is 0 Å². The van der Waals surface area contributed by atoms with Gasteiger partial charge >= 0.3 is 0 Å². The van der Waals surface area contributed by atoms with Gasteiger partial charge in [0.05, 0.1) is 6.07 Å². The van der Waals surface area contributed by atoms with Crippen LogP contribution in [0.25, 0.3) is 0 Å². The fraction of sp³-hybridized carbons (Fsp3) is 0.667. The Balaban J connectivity index is 2.60. The first-order valence-electron chi connectivity index (χ1n) is 2.56. The van der Waals surface area contributed by atoms with Crippen molar-refractivity contribution in [1.82, 2.24) is 0 Å². The topological polar surface area (TPSA) is 23.8 Å². The van der Waals surface area contributed by atoms with E-state index >= 15 is 0 Å². The van der Waals surface area contributed by atoms with Gasteiger partial charge in [0, 0.05) is 6.42 Å². The summed E-state index contributed by atoms with van der Waals surface area (Å²) in [4.78, 5) is 0. The molecule has 0 unspecified atom stereocenters. The van der Waals surface area contributed by atoms with Gasteiger partial charge in [-0.1, -0.05) is 6.92 Å². The molecule has 0 aliphatic heterocycles. The van der Waals surface area contributed by atoms with Crippen LogP contribution in [0.4, 0.5) is 0 Å².